The molecule has 17 heavy (non-hydrogen) atoms. The fourth-order valence-corrected chi connectivity index (χ4v) is 2.74. The van der Waals surface area contributed by atoms with Gasteiger partial charge in [-0.2, -0.15) is 0 Å². The fraction of sp³-hybridized carbons (Fsp3) is 0.167. The van der Waals surface area contributed by atoms with Crippen molar-refractivity contribution in [1.29, 1.82) is 0 Å². The van der Waals surface area contributed by atoms with Gasteiger partial charge in [0.2, 0.25) is 0 Å². The average Bonchev–Trinajstić information content (AvgIpc) is 2.34. The monoisotopic (exact) mass is 309 g/mol. The third-order valence-electron chi connectivity index (χ3n) is 2.21. The molecule has 0 aliphatic carbocycles. The SMILES string of the molecule is NCCc1cc(Br)ccc1Sc1ccncn1. The Hall–Kier alpha value is -0.910. The molecule has 0 aliphatic heterocycles. The number of rotatable bonds is 4. The number of hydrogen-bond donors (Lipinski definition) is 1. The second kappa shape index (κ2) is 6.14. The Morgan fingerprint density at radius 2 is 2.18 bits per heavy atom. The van der Waals surface area contributed by atoms with Crippen molar-refractivity contribution in [1.82, 2.24) is 9.97 Å². The van der Waals surface area contributed by atoms with Crippen LogP contribution >= 0.6 is 27.7 Å². The fourth-order valence-electron chi connectivity index (χ4n) is 1.45. The molecule has 0 saturated carbocycles. The summed E-state index contributed by atoms with van der Waals surface area (Å²) < 4.78 is 1.08. The van der Waals surface area contributed by atoms with Crippen molar-refractivity contribution < 1.29 is 0 Å². The van der Waals surface area contributed by atoms with E-state index in [2.05, 4.69) is 38.0 Å². The molecule has 2 aromatic rings. The number of nitrogens with two attached hydrogens (primary N) is 1. The van der Waals surface area contributed by atoms with E-state index >= 15 is 0 Å². The summed E-state index contributed by atoms with van der Waals surface area (Å²) in [6, 6.07) is 8.13. The smallest absolute Gasteiger partial charge is 0.116 e. The number of nitrogens with zero attached hydrogens (tertiary/aromatic N) is 2. The summed E-state index contributed by atoms with van der Waals surface area (Å²) in [5, 5.41) is 0.945. The zero-order valence-corrected chi connectivity index (χ0v) is 11.5. The lowest BCUT2D eigenvalue weighted by atomic mass is 10.1. The molecule has 0 saturated heterocycles. The van der Waals surface area contributed by atoms with Crippen molar-refractivity contribution in [2.75, 3.05) is 6.54 Å². The highest BCUT2D eigenvalue weighted by Gasteiger charge is 2.05. The Morgan fingerprint density at radius 1 is 1.29 bits per heavy atom. The molecule has 0 spiro atoms. The summed E-state index contributed by atoms with van der Waals surface area (Å²) in [7, 11) is 0. The second-order valence-electron chi connectivity index (χ2n) is 3.44. The maximum Gasteiger partial charge on any atom is 0.116 e. The maximum absolute atomic E-state index is 5.62. The van der Waals surface area contributed by atoms with Gasteiger partial charge in [0.25, 0.3) is 0 Å². The lowest BCUT2D eigenvalue weighted by Gasteiger charge is -2.08. The van der Waals surface area contributed by atoms with Gasteiger partial charge in [0.15, 0.2) is 0 Å². The maximum atomic E-state index is 5.62. The van der Waals surface area contributed by atoms with Gasteiger partial charge in [0.1, 0.15) is 11.4 Å². The molecule has 88 valence electrons. The zero-order chi connectivity index (χ0) is 12.1. The summed E-state index contributed by atoms with van der Waals surface area (Å²) in [4.78, 5) is 9.31. The van der Waals surface area contributed by atoms with E-state index < -0.39 is 0 Å². The molecule has 1 aromatic heterocycles. The van der Waals surface area contributed by atoms with Crippen LogP contribution in [0, 0.1) is 0 Å². The van der Waals surface area contributed by atoms with Crippen LogP contribution in [0.25, 0.3) is 0 Å². The summed E-state index contributed by atoms with van der Waals surface area (Å²) in [5.74, 6) is 0. The highest BCUT2D eigenvalue weighted by molar-refractivity contribution is 9.10. The first-order valence-corrected chi connectivity index (χ1v) is 6.83. The van der Waals surface area contributed by atoms with E-state index in [9.17, 15) is 0 Å². The Bertz CT molecular complexity index is 490. The zero-order valence-electron chi connectivity index (χ0n) is 9.14. The van der Waals surface area contributed by atoms with Crippen molar-refractivity contribution in [3.8, 4) is 0 Å². The van der Waals surface area contributed by atoms with E-state index in [1.807, 2.05) is 12.1 Å². The summed E-state index contributed by atoms with van der Waals surface area (Å²) in [6.07, 6.45) is 4.17. The molecule has 1 heterocycles. The standard InChI is InChI=1S/C12H12BrN3S/c13-10-1-2-11(9(7-10)3-5-14)17-12-4-6-15-8-16-12/h1-2,4,6-8H,3,5,14H2. The van der Waals surface area contributed by atoms with Crippen molar-refractivity contribution in [2.45, 2.75) is 16.3 Å². The minimum absolute atomic E-state index is 0.647. The lowest BCUT2D eigenvalue weighted by Crippen LogP contribution is -2.03. The van der Waals surface area contributed by atoms with Crippen LogP contribution in [-0.2, 0) is 6.42 Å². The molecule has 2 rings (SSSR count). The molecule has 0 amide bonds. The molecule has 1 aromatic carbocycles. The molecule has 0 fully saturated rings. The molecule has 0 atom stereocenters. The predicted molar refractivity (Wildman–Crippen MR) is 73.1 cm³/mol. The van der Waals surface area contributed by atoms with Crippen LogP contribution in [0.4, 0.5) is 0 Å². The normalized spacial score (nSPS) is 10.5. The number of hydrogen-bond acceptors (Lipinski definition) is 4. The first-order valence-electron chi connectivity index (χ1n) is 5.22. The van der Waals surface area contributed by atoms with Crippen LogP contribution in [0.15, 0.2) is 51.2 Å². The van der Waals surface area contributed by atoms with Crippen LogP contribution in [0.3, 0.4) is 0 Å². The lowest BCUT2D eigenvalue weighted by molar-refractivity contribution is 0.941. The van der Waals surface area contributed by atoms with Gasteiger partial charge in [-0.3, -0.25) is 0 Å². The molecule has 0 radical (unpaired) electrons. The second-order valence-corrected chi connectivity index (χ2v) is 5.42. The molecular formula is C12H12BrN3S. The van der Waals surface area contributed by atoms with Gasteiger partial charge in [-0.15, -0.1) is 0 Å². The molecule has 2 N–H and O–H groups in total. The molecular weight excluding hydrogens is 298 g/mol. The van der Waals surface area contributed by atoms with Crippen LogP contribution in [-0.4, -0.2) is 16.5 Å². The van der Waals surface area contributed by atoms with Crippen molar-refractivity contribution in [3.63, 3.8) is 0 Å². The van der Waals surface area contributed by atoms with Gasteiger partial charge < -0.3 is 5.73 Å². The molecule has 0 unspecified atom stereocenters. The summed E-state index contributed by atoms with van der Waals surface area (Å²) >= 11 is 5.11. The number of halogens is 1. The Kier molecular flexibility index (Phi) is 4.53. The van der Waals surface area contributed by atoms with Crippen molar-refractivity contribution >= 4 is 27.7 Å². The third-order valence-corrected chi connectivity index (χ3v) is 3.77. The van der Waals surface area contributed by atoms with Crippen molar-refractivity contribution in [3.05, 3.63) is 46.8 Å². The van der Waals surface area contributed by atoms with E-state index in [1.165, 1.54) is 10.5 Å². The first-order chi connectivity index (χ1) is 8.29. The summed E-state index contributed by atoms with van der Waals surface area (Å²) in [5.41, 5.74) is 6.86. The molecule has 0 aliphatic rings. The van der Waals surface area contributed by atoms with Gasteiger partial charge in [-0.05, 0) is 42.8 Å². The van der Waals surface area contributed by atoms with E-state index in [0.717, 1.165) is 15.9 Å². The van der Waals surface area contributed by atoms with Crippen LogP contribution in [0.2, 0.25) is 0 Å². The molecule has 5 heteroatoms. The molecule has 3 nitrogen and oxygen atoms in total. The topological polar surface area (TPSA) is 51.8 Å². The van der Waals surface area contributed by atoms with Crippen LogP contribution in [0.5, 0.6) is 0 Å². The summed E-state index contributed by atoms with van der Waals surface area (Å²) in [6.45, 7) is 0.647. The number of benzene rings is 1. The quantitative estimate of drug-likeness (QED) is 0.882. The predicted octanol–water partition coefficient (Wildman–Crippen LogP) is 2.89. The number of aromatic nitrogens is 2. The van der Waals surface area contributed by atoms with Gasteiger partial charge in [-0.1, -0.05) is 27.7 Å². The highest BCUT2D eigenvalue weighted by Crippen LogP contribution is 2.30. The van der Waals surface area contributed by atoms with Gasteiger partial charge in [0, 0.05) is 15.6 Å². The van der Waals surface area contributed by atoms with Crippen LogP contribution < -0.4 is 5.73 Å². The first kappa shape index (κ1) is 12.5. The highest BCUT2D eigenvalue weighted by atomic mass is 79.9. The third kappa shape index (κ3) is 3.52. The van der Waals surface area contributed by atoms with Crippen LogP contribution in [0.1, 0.15) is 5.56 Å². The van der Waals surface area contributed by atoms with E-state index in [-0.39, 0.29) is 0 Å². The average molecular weight is 310 g/mol. The van der Waals surface area contributed by atoms with Gasteiger partial charge >= 0.3 is 0 Å². The van der Waals surface area contributed by atoms with Crippen molar-refractivity contribution in [2.24, 2.45) is 5.73 Å². The Morgan fingerprint density at radius 3 is 2.88 bits per heavy atom. The molecule has 0 bridgehead atoms. The Balaban J connectivity index is 2.26. The minimum atomic E-state index is 0.647. The van der Waals surface area contributed by atoms with Gasteiger partial charge in [0.05, 0.1) is 0 Å². The largest absolute Gasteiger partial charge is 0.330 e. The minimum Gasteiger partial charge on any atom is -0.330 e. The van der Waals surface area contributed by atoms with E-state index in [0.29, 0.717) is 6.54 Å². The van der Waals surface area contributed by atoms with Gasteiger partial charge in [-0.25, -0.2) is 9.97 Å². The van der Waals surface area contributed by atoms with E-state index in [1.54, 1.807) is 24.3 Å². The Labute approximate surface area is 113 Å². The van der Waals surface area contributed by atoms with E-state index in [4.69, 9.17) is 5.73 Å².